The molecule has 1 N–H and O–H groups in total. The van der Waals surface area contributed by atoms with Gasteiger partial charge in [-0.25, -0.2) is 4.39 Å². The lowest BCUT2D eigenvalue weighted by Crippen LogP contribution is -2.24. The highest BCUT2D eigenvalue weighted by atomic mass is 19.1. The van der Waals surface area contributed by atoms with Gasteiger partial charge >= 0.3 is 0 Å². The first-order valence-electron chi connectivity index (χ1n) is 13.2. The maximum Gasteiger partial charge on any atom is 0.224 e. The standard InChI is InChI=1S/C30H41FN2O2/c1-20-14-24(15-21(2)29(20)32-28(34)18-30(3,4)5)33-13-9-10-22-17-27(26(31)16-23(22)19-33)35-25-11-7-6-8-12-25/h14-17,25H,6-13,18-19H2,1-5H3,(H,32,34). The number of aryl methyl sites for hydroxylation is 3. The third-order valence-electron chi connectivity index (χ3n) is 7.17. The van der Waals surface area contributed by atoms with Gasteiger partial charge in [0.15, 0.2) is 11.6 Å². The summed E-state index contributed by atoms with van der Waals surface area (Å²) in [6.07, 6.45) is 8.20. The van der Waals surface area contributed by atoms with Gasteiger partial charge in [0.25, 0.3) is 0 Å². The Morgan fingerprint density at radius 3 is 2.37 bits per heavy atom. The molecule has 4 rings (SSSR count). The molecule has 1 saturated carbocycles. The Hall–Kier alpha value is -2.56. The number of hydrogen-bond acceptors (Lipinski definition) is 3. The molecule has 1 fully saturated rings. The Kier molecular flexibility index (Phi) is 7.73. The number of carbonyl (C=O) groups is 1. The molecule has 2 aromatic rings. The van der Waals surface area contributed by atoms with Crippen molar-refractivity contribution in [3.8, 4) is 5.75 Å². The fraction of sp³-hybridized carbons (Fsp3) is 0.567. The fourth-order valence-corrected chi connectivity index (χ4v) is 5.42. The zero-order chi connectivity index (χ0) is 25.2. The summed E-state index contributed by atoms with van der Waals surface area (Å²) in [7, 11) is 0. The third-order valence-corrected chi connectivity index (χ3v) is 7.17. The molecule has 0 atom stereocenters. The monoisotopic (exact) mass is 480 g/mol. The third kappa shape index (κ3) is 6.56. The van der Waals surface area contributed by atoms with E-state index in [-0.39, 0.29) is 23.2 Å². The van der Waals surface area contributed by atoms with Crippen molar-refractivity contribution in [3.05, 3.63) is 52.3 Å². The largest absolute Gasteiger partial charge is 0.487 e. The second kappa shape index (κ2) is 10.6. The molecule has 0 aromatic heterocycles. The van der Waals surface area contributed by atoms with Gasteiger partial charge in [-0.2, -0.15) is 0 Å². The molecule has 2 aromatic carbocycles. The number of carbonyl (C=O) groups excluding carboxylic acids is 1. The minimum atomic E-state index is -0.250. The van der Waals surface area contributed by atoms with Crippen LogP contribution in [0, 0.1) is 25.1 Å². The van der Waals surface area contributed by atoms with Crippen molar-refractivity contribution in [2.75, 3.05) is 16.8 Å². The molecule has 1 heterocycles. The number of halogens is 1. The molecule has 1 aliphatic carbocycles. The fourth-order valence-electron chi connectivity index (χ4n) is 5.42. The first-order valence-corrected chi connectivity index (χ1v) is 13.2. The molecule has 2 aliphatic rings. The van der Waals surface area contributed by atoms with Crippen LogP contribution < -0.4 is 15.0 Å². The lowest BCUT2D eigenvalue weighted by atomic mass is 9.92. The number of nitrogens with zero attached hydrogens (tertiary/aromatic N) is 1. The van der Waals surface area contributed by atoms with E-state index in [0.717, 1.165) is 60.3 Å². The molecule has 0 radical (unpaired) electrons. The van der Waals surface area contributed by atoms with Crippen LogP contribution in [0.3, 0.4) is 0 Å². The summed E-state index contributed by atoms with van der Waals surface area (Å²) in [4.78, 5) is 14.8. The summed E-state index contributed by atoms with van der Waals surface area (Å²) >= 11 is 0. The molecule has 4 nitrogen and oxygen atoms in total. The van der Waals surface area contributed by atoms with Gasteiger partial charge in [-0.3, -0.25) is 4.79 Å². The first-order chi connectivity index (χ1) is 16.6. The van der Waals surface area contributed by atoms with Crippen LogP contribution in [-0.4, -0.2) is 18.6 Å². The number of hydrogen-bond donors (Lipinski definition) is 1. The van der Waals surface area contributed by atoms with Crippen molar-refractivity contribution in [1.29, 1.82) is 0 Å². The average molecular weight is 481 g/mol. The SMILES string of the molecule is Cc1cc(N2CCCc3cc(OC4CCCCC4)c(F)cc3C2)cc(C)c1NC(=O)CC(C)(C)C. The van der Waals surface area contributed by atoms with E-state index in [1.165, 1.54) is 24.8 Å². The van der Waals surface area contributed by atoms with Crippen molar-refractivity contribution in [2.24, 2.45) is 5.41 Å². The van der Waals surface area contributed by atoms with Crippen molar-refractivity contribution >= 4 is 17.3 Å². The number of rotatable bonds is 5. The van der Waals surface area contributed by atoms with Crippen molar-refractivity contribution in [1.82, 2.24) is 0 Å². The Labute approximate surface area is 210 Å². The normalized spacial score (nSPS) is 17.0. The Morgan fingerprint density at radius 2 is 1.71 bits per heavy atom. The van der Waals surface area contributed by atoms with Crippen LogP contribution in [0.4, 0.5) is 15.8 Å². The highest BCUT2D eigenvalue weighted by Crippen LogP contribution is 2.34. The number of anilines is 2. The van der Waals surface area contributed by atoms with Crippen LogP contribution in [0.25, 0.3) is 0 Å². The molecule has 5 heteroatoms. The Balaban J connectivity index is 1.51. The lowest BCUT2D eigenvalue weighted by molar-refractivity contribution is -0.117. The van der Waals surface area contributed by atoms with Crippen molar-refractivity contribution in [2.45, 2.75) is 98.6 Å². The van der Waals surface area contributed by atoms with Crippen molar-refractivity contribution < 1.29 is 13.9 Å². The Morgan fingerprint density at radius 1 is 1.03 bits per heavy atom. The van der Waals surface area contributed by atoms with Gasteiger partial charge in [0, 0.05) is 30.9 Å². The average Bonchev–Trinajstić information content (AvgIpc) is 2.98. The van der Waals surface area contributed by atoms with E-state index >= 15 is 4.39 Å². The Bertz CT molecular complexity index is 1040. The van der Waals surface area contributed by atoms with E-state index in [2.05, 4.69) is 43.1 Å². The minimum Gasteiger partial charge on any atom is -0.487 e. The number of ether oxygens (including phenoxy) is 1. The van der Waals surface area contributed by atoms with Gasteiger partial charge in [-0.15, -0.1) is 0 Å². The van der Waals surface area contributed by atoms with E-state index in [1.54, 1.807) is 6.07 Å². The van der Waals surface area contributed by atoms with Crippen LogP contribution in [0.2, 0.25) is 0 Å². The molecule has 0 bridgehead atoms. The molecule has 1 amide bonds. The summed E-state index contributed by atoms with van der Waals surface area (Å²) in [5.74, 6) is 0.216. The predicted octanol–water partition coefficient (Wildman–Crippen LogP) is 7.48. The maximum atomic E-state index is 15.0. The van der Waals surface area contributed by atoms with Crippen LogP contribution in [0.1, 0.15) is 88.0 Å². The topological polar surface area (TPSA) is 41.6 Å². The highest BCUT2D eigenvalue weighted by Gasteiger charge is 2.22. The van der Waals surface area contributed by atoms with E-state index in [4.69, 9.17) is 4.74 Å². The summed E-state index contributed by atoms with van der Waals surface area (Å²) in [5, 5.41) is 3.12. The van der Waals surface area contributed by atoms with E-state index in [9.17, 15) is 4.79 Å². The quantitative estimate of drug-likeness (QED) is 0.482. The van der Waals surface area contributed by atoms with Crippen molar-refractivity contribution in [3.63, 3.8) is 0 Å². The highest BCUT2D eigenvalue weighted by molar-refractivity contribution is 5.93. The molecule has 190 valence electrons. The smallest absolute Gasteiger partial charge is 0.224 e. The maximum absolute atomic E-state index is 15.0. The molecular weight excluding hydrogens is 439 g/mol. The van der Waals surface area contributed by atoms with E-state index in [1.807, 2.05) is 19.9 Å². The van der Waals surface area contributed by atoms with Gasteiger partial charge in [-0.1, -0.05) is 27.2 Å². The number of fused-ring (bicyclic) bond motifs is 1. The first kappa shape index (κ1) is 25.5. The number of benzene rings is 2. The van der Waals surface area contributed by atoms with Crippen LogP contribution >= 0.6 is 0 Å². The molecule has 0 unspecified atom stereocenters. The van der Waals surface area contributed by atoms with Gasteiger partial charge in [0.1, 0.15) is 0 Å². The van der Waals surface area contributed by atoms with Crippen LogP contribution in [0.5, 0.6) is 5.75 Å². The molecular formula is C30H41FN2O2. The van der Waals surface area contributed by atoms with Crippen LogP contribution in [-0.2, 0) is 17.8 Å². The summed E-state index contributed by atoms with van der Waals surface area (Å²) in [5.41, 5.74) is 6.29. The zero-order valence-electron chi connectivity index (χ0n) is 22.1. The molecule has 1 aliphatic heterocycles. The number of nitrogens with one attached hydrogen (secondary N) is 1. The molecule has 0 saturated heterocycles. The second-order valence-electron chi connectivity index (χ2n) is 11.7. The second-order valence-corrected chi connectivity index (χ2v) is 11.7. The van der Waals surface area contributed by atoms with Crippen LogP contribution in [0.15, 0.2) is 24.3 Å². The minimum absolute atomic E-state index is 0.0434. The lowest BCUT2D eigenvalue weighted by Gasteiger charge is -2.26. The van der Waals surface area contributed by atoms with E-state index in [0.29, 0.717) is 18.7 Å². The van der Waals surface area contributed by atoms with Gasteiger partial charge in [-0.05, 0) is 104 Å². The van der Waals surface area contributed by atoms with Gasteiger partial charge in [0.2, 0.25) is 5.91 Å². The van der Waals surface area contributed by atoms with Gasteiger partial charge < -0.3 is 15.0 Å². The summed E-state index contributed by atoms with van der Waals surface area (Å²) < 4.78 is 21.1. The number of amides is 1. The zero-order valence-corrected chi connectivity index (χ0v) is 22.1. The van der Waals surface area contributed by atoms with E-state index < -0.39 is 0 Å². The molecule has 35 heavy (non-hydrogen) atoms. The molecule has 0 spiro atoms. The summed E-state index contributed by atoms with van der Waals surface area (Å²) in [6.45, 7) is 11.9. The summed E-state index contributed by atoms with van der Waals surface area (Å²) in [6, 6.07) is 7.92. The predicted molar refractivity (Wildman–Crippen MR) is 142 cm³/mol. The van der Waals surface area contributed by atoms with Gasteiger partial charge in [0.05, 0.1) is 6.10 Å².